The zero-order valence-electron chi connectivity index (χ0n) is 15.0. The Balaban J connectivity index is 1.34. The average molecular weight is 353 g/mol. The molecule has 0 N–H and O–H groups in total. The number of imidazole rings is 1. The van der Waals surface area contributed by atoms with E-state index < -0.39 is 0 Å². The molecule has 1 aliphatic rings. The maximum atomic E-state index is 12.5. The summed E-state index contributed by atoms with van der Waals surface area (Å²) in [6, 6.07) is 7.84. The second-order valence-electron chi connectivity index (χ2n) is 6.82. The molecule has 1 aliphatic heterocycles. The van der Waals surface area contributed by atoms with Gasteiger partial charge in [-0.05, 0) is 25.5 Å². The lowest BCUT2D eigenvalue weighted by Crippen LogP contribution is -2.36. The zero-order valence-corrected chi connectivity index (χ0v) is 15.0. The largest absolute Gasteiger partial charge is 0.361 e. The summed E-state index contributed by atoms with van der Waals surface area (Å²) in [5.41, 5.74) is 2.84. The van der Waals surface area contributed by atoms with Gasteiger partial charge in [0.2, 0.25) is 5.91 Å². The molecule has 0 atom stereocenters. The van der Waals surface area contributed by atoms with Crippen LogP contribution in [0.4, 0.5) is 0 Å². The predicted molar refractivity (Wildman–Crippen MR) is 96.6 cm³/mol. The molecular formula is C19H23N5O2. The molecule has 4 heterocycles. The van der Waals surface area contributed by atoms with Crippen molar-refractivity contribution in [3.05, 3.63) is 53.8 Å². The summed E-state index contributed by atoms with van der Waals surface area (Å²) in [4.78, 5) is 21.5. The highest BCUT2D eigenvalue weighted by molar-refractivity contribution is 5.78. The first-order valence-electron chi connectivity index (χ1n) is 9.02. The van der Waals surface area contributed by atoms with Gasteiger partial charge in [0.15, 0.2) is 0 Å². The van der Waals surface area contributed by atoms with E-state index in [1.807, 2.05) is 46.7 Å². The van der Waals surface area contributed by atoms with Crippen molar-refractivity contribution in [1.29, 1.82) is 0 Å². The number of fused-ring (bicyclic) bond motifs is 1. The van der Waals surface area contributed by atoms with E-state index in [9.17, 15) is 4.79 Å². The molecule has 0 aliphatic carbocycles. The number of aromatic nitrogens is 3. The summed E-state index contributed by atoms with van der Waals surface area (Å²) < 4.78 is 7.21. The third-order valence-electron chi connectivity index (χ3n) is 4.74. The Morgan fingerprint density at radius 3 is 2.96 bits per heavy atom. The number of hydrogen-bond donors (Lipinski definition) is 0. The Labute approximate surface area is 152 Å². The van der Waals surface area contributed by atoms with Crippen LogP contribution >= 0.6 is 0 Å². The molecule has 1 amide bonds. The van der Waals surface area contributed by atoms with Crippen LogP contribution < -0.4 is 0 Å². The third kappa shape index (κ3) is 3.77. The van der Waals surface area contributed by atoms with Crippen LogP contribution in [0.25, 0.3) is 5.65 Å². The fourth-order valence-electron chi connectivity index (χ4n) is 3.43. The molecule has 1 fully saturated rings. The van der Waals surface area contributed by atoms with Gasteiger partial charge in [-0.3, -0.25) is 9.69 Å². The van der Waals surface area contributed by atoms with E-state index in [0.717, 1.165) is 56.2 Å². The number of carbonyl (C=O) groups excluding carboxylic acids is 1. The third-order valence-corrected chi connectivity index (χ3v) is 4.74. The number of hydrogen-bond acceptors (Lipinski definition) is 5. The van der Waals surface area contributed by atoms with Crippen molar-refractivity contribution in [1.82, 2.24) is 24.3 Å². The van der Waals surface area contributed by atoms with Crippen molar-refractivity contribution < 1.29 is 9.32 Å². The summed E-state index contributed by atoms with van der Waals surface area (Å²) in [5.74, 6) is 0.744. The van der Waals surface area contributed by atoms with Gasteiger partial charge in [-0.1, -0.05) is 11.2 Å². The van der Waals surface area contributed by atoms with Crippen molar-refractivity contribution in [3.8, 4) is 0 Å². The van der Waals surface area contributed by atoms with Crippen LogP contribution in [-0.2, 0) is 17.8 Å². The molecule has 26 heavy (non-hydrogen) atoms. The Morgan fingerprint density at radius 1 is 1.23 bits per heavy atom. The number of pyridine rings is 1. The summed E-state index contributed by atoms with van der Waals surface area (Å²) in [6.07, 6.45) is 5.34. The van der Waals surface area contributed by atoms with Gasteiger partial charge in [-0.2, -0.15) is 0 Å². The summed E-state index contributed by atoms with van der Waals surface area (Å²) in [7, 11) is 0. The molecule has 1 saturated heterocycles. The molecule has 4 rings (SSSR count). The van der Waals surface area contributed by atoms with Crippen molar-refractivity contribution in [2.24, 2.45) is 0 Å². The van der Waals surface area contributed by atoms with Crippen molar-refractivity contribution in [3.63, 3.8) is 0 Å². The lowest BCUT2D eigenvalue weighted by Gasteiger charge is -2.21. The van der Waals surface area contributed by atoms with E-state index in [0.29, 0.717) is 5.76 Å². The molecule has 7 nitrogen and oxygen atoms in total. The number of amides is 1. The Morgan fingerprint density at radius 2 is 2.15 bits per heavy atom. The van der Waals surface area contributed by atoms with Gasteiger partial charge >= 0.3 is 0 Å². The Bertz CT molecular complexity index is 867. The van der Waals surface area contributed by atoms with E-state index in [-0.39, 0.29) is 12.3 Å². The van der Waals surface area contributed by atoms with Crippen molar-refractivity contribution in [2.75, 3.05) is 26.2 Å². The molecule has 7 heteroatoms. The maximum Gasteiger partial charge on any atom is 0.230 e. The van der Waals surface area contributed by atoms with Crippen LogP contribution in [0.1, 0.15) is 23.6 Å². The van der Waals surface area contributed by atoms with E-state index >= 15 is 0 Å². The second-order valence-corrected chi connectivity index (χ2v) is 6.82. The van der Waals surface area contributed by atoms with E-state index in [2.05, 4.69) is 21.2 Å². The minimum Gasteiger partial charge on any atom is -0.361 e. The fourth-order valence-corrected chi connectivity index (χ4v) is 3.43. The Hall–Kier alpha value is -2.67. The molecule has 0 saturated carbocycles. The van der Waals surface area contributed by atoms with Crippen LogP contribution in [0.5, 0.6) is 0 Å². The maximum absolute atomic E-state index is 12.5. The van der Waals surface area contributed by atoms with Gasteiger partial charge < -0.3 is 13.8 Å². The van der Waals surface area contributed by atoms with Crippen LogP contribution in [0, 0.1) is 6.92 Å². The predicted octanol–water partition coefficient (Wildman–Crippen LogP) is 1.91. The van der Waals surface area contributed by atoms with E-state index in [1.165, 1.54) is 0 Å². The molecule has 0 spiro atoms. The number of aryl methyl sites for hydroxylation is 1. The highest BCUT2D eigenvalue weighted by Crippen LogP contribution is 2.12. The Kier molecular flexibility index (Phi) is 4.71. The van der Waals surface area contributed by atoms with Crippen molar-refractivity contribution >= 4 is 11.6 Å². The van der Waals surface area contributed by atoms with Gasteiger partial charge in [0.1, 0.15) is 11.4 Å². The SMILES string of the molecule is Cc1cc(CC(=O)N2CCCN(Cc3cn4ccccc4n3)CC2)on1. The molecule has 136 valence electrons. The normalized spacial score (nSPS) is 16.1. The van der Waals surface area contributed by atoms with Crippen molar-refractivity contribution in [2.45, 2.75) is 26.3 Å². The average Bonchev–Trinajstić information content (AvgIpc) is 3.14. The zero-order chi connectivity index (χ0) is 17.9. The molecule has 0 radical (unpaired) electrons. The number of rotatable bonds is 4. The van der Waals surface area contributed by atoms with E-state index in [4.69, 9.17) is 4.52 Å². The number of carbonyl (C=O) groups is 1. The van der Waals surface area contributed by atoms with Gasteiger partial charge in [-0.25, -0.2) is 4.98 Å². The molecule has 0 unspecified atom stereocenters. The minimum atomic E-state index is 0.107. The first kappa shape index (κ1) is 16.8. The molecule has 0 bridgehead atoms. The second kappa shape index (κ2) is 7.29. The van der Waals surface area contributed by atoms with Crippen LogP contribution in [0.15, 0.2) is 41.2 Å². The first-order valence-corrected chi connectivity index (χ1v) is 9.02. The van der Waals surface area contributed by atoms with Gasteiger partial charge in [0, 0.05) is 51.2 Å². The van der Waals surface area contributed by atoms with Crippen LogP contribution in [0.2, 0.25) is 0 Å². The smallest absolute Gasteiger partial charge is 0.230 e. The molecule has 0 aromatic carbocycles. The highest BCUT2D eigenvalue weighted by Gasteiger charge is 2.21. The molecular weight excluding hydrogens is 330 g/mol. The van der Waals surface area contributed by atoms with E-state index in [1.54, 1.807) is 0 Å². The number of nitrogens with zero attached hydrogens (tertiary/aromatic N) is 5. The first-order chi connectivity index (χ1) is 12.7. The highest BCUT2D eigenvalue weighted by atomic mass is 16.5. The standard InChI is InChI=1S/C19H23N5O2/c1-15-11-17(26-21-15)12-19(25)23-8-4-6-22(9-10-23)13-16-14-24-7-3-2-5-18(24)20-16/h2-3,5,7,11,14H,4,6,8-10,12-13H2,1H3. The lowest BCUT2D eigenvalue weighted by molar-refractivity contribution is -0.130. The summed E-state index contributed by atoms with van der Waals surface area (Å²) in [6.45, 7) is 6.02. The van der Waals surface area contributed by atoms with Crippen LogP contribution in [-0.4, -0.2) is 56.4 Å². The van der Waals surface area contributed by atoms with Gasteiger partial charge in [0.05, 0.1) is 17.8 Å². The minimum absolute atomic E-state index is 0.107. The van der Waals surface area contributed by atoms with Crippen LogP contribution in [0.3, 0.4) is 0 Å². The van der Waals surface area contributed by atoms with Gasteiger partial charge in [0.25, 0.3) is 0 Å². The summed E-state index contributed by atoms with van der Waals surface area (Å²) in [5, 5.41) is 3.85. The quantitative estimate of drug-likeness (QED) is 0.717. The van der Waals surface area contributed by atoms with Gasteiger partial charge in [-0.15, -0.1) is 0 Å². The monoisotopic (exact) mass is 353 g/mol. The fraction of sp³-hybridized carbons (Fsp3) is 0.421. The lowest BCUT2D eigenvalue weighted by atomic mass is 10.2. The molecule has 3 aromatic heterocycles. The summed E-state index contributed by atoms with van der Waals surface area (Å²) >= 11 is 0. The molecule has 3 aromatic rings. The topological polar surface area (TPSA) is 66.9 Å².